The first-order valence-electron chi connectivity index (χ1n) is 8.38. The molecule has 1 fully saturated rings. The van der Waals surface area contributed by atoms with Gasteiger partial charge < -0.3 is 10.2 Å². The zero-order valence-corrected chi connectivity index (χ0v) is 14.4. The van der Waals surface area contributed by atoms with Crippen LogP contribution in [0.3, 0.4) is 0 Å². The van der Waals surface area contributed by atoms with E-state index in [1.54, 1.807) is 0 Å². The van der Waals surface area contributed by atoms with Crippen molar-refractivity contribution in [3.63, 3.8) is 0 Å². The van der Waals surface area contributed by atoms with E-state index in [0.29, 0.717) is 6.04 Å². The van der Waals surface area contributed by atoms with Crippen LogP contribution < -0.4 is 10.2 Å². The first-order valence-corrected chi connectivity index (χ1v) is 8.76. The van der Waals surface area contributed by atoms with Crippen LogP contribution in [0, 0.1) is 5.92 Å². The SMILES string of the molecule is CCCNCc1cccc(Cl)c1N(CCC(C)C)C1CC1. The minimum Gasteiger partial charge on any atom is -0.367 e. The van der Waals surface area contributed by atoms with E-state index in [0.717, 1.165) is 37.0 Å². The fraction of sp³-hybridized carbons (Fsp3) is 0.667. The van der Waals surface area contributed by atoms with Gasteiger partial charge in [0.25, 0.3) is 0 Å². The van der Waals surface area contributed by atoms with Crippen LogP contribution >= 0.6 is 11.6 Å². The van der Waals surface area contributed by atoms with Crippen molar-refractivity contribution in [1.29, 1.82) is 0 Å². The van der Waals surface area contributed by atoms with Gasteiger partial charge in [-0.2, -0.15) is 0 Å². The minimum atomic E-state index is 0.702. The molecule has 21 heavy (non-hydrogen) atoms. The number of hydrogen-bond donors (Lipinski definition) is 1. The second-order valence-electron chi connectivity index (χ2n) is 6.53. The number of hydrogen-bond acceptors (Lipinski definition) is 2. The Kier molecular flexibility index (Phi) is 6.38. The van der Waals surface area contributed by atoms with Crippen molar-refractivity contribution in [2.45, 2.75) is 59.0 Å². The molecular weight excluding hydrogens is 280 g/mol. The Morgan fingerprint density at radius 2 is 2.10 bits per heavy atom. The van der Waals surface area contributed by atoms with Gasteiger partial charge >= 0.3 is 0 Å². The van der Waals surface area contributed by atoms with Crippen molar-refractivity contribution < 1.29 is 0 Å². The average molecular weight is 309 g/mol. The molecule has 1 saturated carbocycles. The summed E-state index contributed by atoms with van der Waals surface area (Å²) in [5.74, 6) is 0.732. The molecule has 0 radical (unpaired) electrons. The number of nitrogens with one attached hydrogen (secondary N) is 1. The van der Waals surface area contributed by atoms with E-state index >= 15 is 0 Å². The predicted molar refractivity (Wildman–Crippen MR) is 93.3 cm³/mol. The molecule has 2 rings (SSSR count). The molecular formula is C18H29ClN2. The van der Waals surface area contributed by atoms with E-state index < -0.39 is 0 Å². The second kappa shape index (κ2) is 8.05. The van der Waals surface area contributed by atoms with Crippen LogP contribution in [0.15, 0.2) is 18.2 Å². The Morgan fingerprint density at radius 1 is 1.33 bits per heavy atom. The molecule has 0 unspecified atom stereocenters. The van der Waals surface area contributed by atoms with E-state index in [1.807, 2.05) is 6.07 Å². The second-order valence-corrected chi connectivity index (χ2v) is 6.94. The van der Waals surface area contributed by atoms with Gasteiger partial charge in [0, 0.05) is 19.1 Å². The molecule has 1 aromatic carbocycles. The molecule has 1 aromatic rings. The van der Waals surface area contributed by atoms with Crippen LogP contribution in [0.2, 0.25) is 5.02 Å². The van der Waals surface area contributed by atoms with Gasteiger partial charge in [0.2, 0.25) is 0 Å². The number of benzene rings is 1. The summed E-state index contributed by atoms with van der Waals surface area (Å²) < 4.78 is 0. The fourth-order valence-electron chi connectivity index (χ4n) is 2.68. The normalized spacial score (nSPS) is 14.7. The quantitative estimate of drug-likeness (QED) is 0.656. The molecule has 0 amide bonds. The topological polar surface area (TPSA) is 15.3 Å². The molecule has 0 bridgehead atoms. The largest absolute Gasteiger partial charge is 0.367 e. The van der Waals surface area contributed by atoms with E-state index in [9.17, 15) is 0 Å². The Balaban J connectivity index is 2.17. The molecule has 2 nitrogen and oxygen atoms in total. The first-order chi connectivity index (χ1) is 10.1. The summed E-state index contributed by atoms with van der Waals surface area (Å²) in [5, 5.41) is 4.42. The summed E-state index contributed by atoms with van der Waals surface area (Å²) in [6, 6.07) is 7.02. The smallest absolute Gasteiger partial charge is 0.0643 e. The van der Waals surface area contributed by atoms with Crippen LogP contribution in [0.5, 0.6) is 0 Å². The lowest BCUT2D eigenvalue weighted by molar-refractivity contribution is 0.569. The van der Waals surface area contributed by atoms with Gasteiger partial charge in [0.1, 0.15) is 0 Å². The van der Waals surface area contributed by atoms with Crippen molar-refractivity contribution in [2.24, 2.45) is 5.92 Å². The Bertz CT molecular complexity index is 441. The van der Waals surface area contributed by atoms with Gasteiger partial charge in [0.15, 0.2) is 0 Å². The Labute approximate surface area is 134 Å². The lowest BCUT2D eigenvalue weighted by atomic mass is 10.1. The molecule has 3 heteroatoms. The molecule has 0 spiro atoms. The van der Waals surface area contributed by atoms with Gasteiger partial charge in [-0.25, -0.2) is 0 Å². The zero-order chi connectivity index (χ0) is 15.2. The molecule has 0 aliphatic heterocycles. The standard InChI is InChI=1S/C18H29ClN2/c1-4-11-20-13-15-6-5-7-17(19)18(15)21(16-8-9-16)12-10-14(2)3/h5-7,14,16,20H,4,8-13H2,1-3H3. The number of nitrogens with zero attached hydrogens (tertiary/aromatic N) is 1. The maximum absolute atomic E-state index is 6.55. The third-order valence-corrected chi connectivity index (χ3v) is 4.34. The monoisotopic (exact) mass is 308 g/mol. The third-order valence-electron chi connectivity index (χ3n) is 4.03. The van der Waals surface area contributed by atoms with Crippen molar-refractivity contribution >= 4 is 17.3 Å². The van der Waals surface area contributed by atoms with Gasteiger partial charge in [0.05, 0.1) is 10.7 Å². The average Bonchev–Trinajstić information content (AvgIpc) is 3.26. The van der Waals surface area contributed by atoms with Crippen LogP contribution in [0.25, 0.3) is 0 Å². The molecule has 0 aromatic heterocycles. The molecule has 1 N–H and O–H groups in total. The molecule has 0 saturated heterocycles. The van der Waals surface area contributed by atoms with Crippen molar-refractivity contribution in [3.8, 4) is 0 Å². The maximum atomic E-state index is 6.55. The summed E-state index contributed by atoms with van der Waals surface area (Å²) >= 11 is 6.55. The highest BCUT2D eigenvalue weighted by atomic mass is 35.5. The third kappa shape index (κ3) is 4.89. The lowest BCUT2D eigenvalue weighted by Gasteiger charge is -2.29. The van der Waals surface area contributed by atoms with Crippen LogP contribution in [0.4, 0.5) is 5.69 Å². The van der Waals surface area contributed by atoms with E-state index in [-0.39, 0.29) is 0 Å². The van der Waals surface area contributed by atoms with Crippen LogP contribution in [-0.2, 0) is 6.54 Å². The fourth-order valence-corrected chi connectivity index (χ4v) is 2.99. The highest BCUT2D eigenvalue weighted by molar-refractivity contribution is 6.33. The van der Waals surface area contributed by atoms with Gasteiger partial charge in [-0.3, -0.25) is 0 Å². The molecule has 1 aliphatic rings. The van der Waals surface area contributed by atoms with E-state index in [1.165, 1.54) is 30.5 Å². The lowest BCUT2D eigenvalue weighted by Crippen LogP contribution is -2.30. The van der Waals surface area contributed by atoms with E-state index in [2.05, 4.69) is 43.1 Å². The van der Waals surface area contributed by atoms with Gasteiger partial charge in [-0.1, -0.05) is 44.5 Å². The molecule has 0 heterocycles. The maximum Gasteiger partial charge on any atom is 0.0643 e. The first kappa shape index (κ1) is 16.6. The summed E-state index contributed by atoms with van der Waals surface area (Å²) in [6.45, 7) is 9.87. The summed E-state index contributed by atoms with van der Waals surface area (Å²) in [6.07, 6.45) is 5.01. The van der Waals surface area contributed by atoms with Gasteiger partial charge in [-0.05, 0) is 49.8 Å². The van der Waals surface area contributed by atoms with Crippen molar-refractivity contribution in [1.82, 2.24) is 5.32 Å². The molecule has 1 aliphatic carbocycles. The predicted octanol–water partition coefficient (Wildman–Crippen LogP) is 4.85. The molecule has 118 valence electrons. The number of anilines is 1. The van der Waals surface area contributed by atoms with Crippen LogP contribution in [-0.4, -0.2) is 19.1 Å². The van der Waals surface area contributed by atoms with Crippen molar-refractivity contribution in [2.75, 3.05) is 18.0 Å². The summed E-state index contributed by atoms with van der Waals surface area (Å²) in [5.41, 5.74) is 2.61. The highest BCUT2D eigenvalue weighted by Crippen LogP contribution is 2.38. The van der Waals surface area contributed by atoms with E-state index in [4.69, 9.17) is 11.6 Å². The Hall–Kier alpha value is -0.730. The zero-order valence-electron chi connectivity index (χ0n) is 13.7. The van der Waals surface area contributed by atoms with Gasteiger partial charge in [-0.15, -0.1) is 0 Å². The van der Waals surface area contributed by atoms with Crippen LogP contribution in [0.1, 0.15) is 52.0 Å². The molecule has 0 atom stereocenters. The highest BCUT2D eigenvalue weighted by Gasteiger charge is 2.31. The number of para-hydroxylation sites is 1. The number of halogens is 1. The summed E-state index contributed by atoms with van der Waals surface area (Å²) in [7, 11) is 0. The van der Waals surface area contributed by atoms with Crippen molar-refractivity contribution in [3.05, 3.63) is 28.8 Å². The Morgan fingerprint density at radius 3 is 2.71 bits per heavy atom. The summed E-state index contributed by atoms with van der Waals surface area (Å²) in [4.78, 5) is 2.56. The minimum absolute atomic E-state index is 0.702. The number of rotatable bonds is 9.